The number of likely N-dealkylation sites (N-methyl/N-ethyl adjacent to an activating group) is 1. The third-order valence-electron chi connectivity index (χ3n) is 6.58. The number of piperidine rings is 1. The molecule has 26 heavy (non-hydrogen) atoms. The SMILES string of the molecule is CCOCC[N+]1(C)C2CCC1CC(OC(=O)c1c[nH]c3ccccc13)C2. The number of carbonyl (C=O) groups excluding carboxylic acids is 1. The van der Waals surface area contributed by atoms with Crippen molar-refractivity contribution >= 4 is 16.9 Å². The first-order valence-electron chi connectivity index (χ1n) is 9.81. The van der Waals surface area contributed by atoms with Gasteiger partial charge in [-0.05, 0) is 13.0 Å². The zero-order valence-electron chi connectivity index (χ0n) is 15.7. The van der Waals surface area contributed by atoms with Crippen LogP contribution in [0.5, 0.6) is 0 Å². The molecular weight excluding hydrogens is 328 g/mol. The summed E-state index contributed by atoms with van der Waals surface area (Å²) in [6, 6.07) is 9.02. The number of para-hydroxylation sites is 1. The van der Waals surface area contributed by atoms with E-state index in [1.807, 2.05) is 31.2 Å². The number of ether oxygens (including phenoxy) is 2. The Balaban J connectivity index is 1.42. The highest BCUT2D eigenvalue weighted by Gasteiger charge is 2.52. The van der Waals surface area contributed by atoms with E-state index in [4.69, 9.17) is 9.47 Å². The van der Waals surface area contributed by atoms with Gasteiger partial charge in [0.15, 0.2) is 0 Å². The number of esters is 1. The van der Waals surface area contributed by atoms with Crippen molar-refractivity contribution in [2.75, 3.05) is 26.8 Å². The van der Waals surface area contributed by atoms with Crippen molar-refractivity contribution in [3.8, 4) is 0 Å². The molecule has 2 aromatic rings. The predicted molar refractivity (Wildman–Crippen MR) is 101 cm³/mol. The summed E-state index contributed by atoms with van der Waals surface area (Å²) in [5.41, 5.74) is 1.62. The fraction of sp³-hybridized carbons (Fsp3) is 0.571. The summed E-state index contributed by atoms with van der Waals surface area (Å²) in [6.07, 6.45) is 6.20. The Morgan fingerprint density at radius 2 is 1.96 bits per heavy atom. The molecule has 2 fully saturated rings. The van der Waals surface area contributed by atoms with Gasteiger partial charge in [-0.3, -0.25) is 0 Å². The Morgan fingerprint density at radius 1 is 1.23 bits per heavy atom. The van der Waals surface area contributed by atoms with Gasteiger partial charge in [0.05, 0.1) is 31.3 Å². The van der Waals surface area contributed by atoms with Gasteiger partial charge in [0.25, 0.3) is 0 Å². The van der Waals surface area contributed by atoms with Gasteiger partial charge in [-0.2, -0.15) is 0 Å². The van der Waals surface area contributed by atoms with E-state index < -0.39 is 0 Å². The van der Waals surface area contributed by atoms with E-state index in [2.05, 4.69) is 12.0 Å². The third kappa shape index (κ3) is 3.03. The minimum absolute atomic E-state index is 0.0342. The predicted octanol–water partition coefficient (Wildman–Crippen LogP) is 3.50. The molecule has 2 atom stereocenters. The molecule has 1 N–H and O–H groups in total. The number of fused-ring (bicyclic) bond motifs is 3. The van der Waals surface area contributed by atoms with Crippen LogP contribution in [0.4, 0.5) is 0 Å². The molecule has 0 radical (unpaired) electrons. The Bertz CT molecular complexity index is 770. The lowest BCUT2D eigenvalue weighted by molar-refractivity contribution is -0.949. The van der Waals surface area contributed by atoms with E-state index in [0.29, 0.717) is 17.6 Å². The number of nitrogens with zero attached hydrogens (tertiary/aromatic N) is 1. The molecule has 0 saturated carbocycles. The van der Waals surface area contributed by atoms with E-state index in [9.17, 15) is 4.79 Å². The average molecular weight is 357 g/mol. The first kappa shape index (κ1) is 17.6. The summed E-state index contributed by atoms with van der Waals surface area (Å²) in [5, 5.41) is 0.939. The van der Waals surface area contributed by atoms with Crippen molar-refractivity contribution in [3.63, 3.8) is 0 Å². The van der Waals surface area contributed by atoms with Crippen molar-refractivity contribution in [1.82, 2.24) is 4.98 Å². The Labute approximate surface area is 154 Å². The third-order valence-corrected chi connectivity index (χ3v) is 6.58. The second kappa shape index (κ2) is 7.05. The van der Waals surface area contributed by atoms with Gasteiger partial charge in [-0.15, -0.1) is 0 Å². The number of aromatic nitrogens is 1. The molecule has 3 heterocycles. The van der Waals surface area contributed by atoms with Gasteiger partial charge >= 0.3 is 5.97 Å². The summed E-state index contributed by atoms with van der Waals surface area (Å²) in [7, 11) is 2.36. The van der Waals surface area contributed by atoms with Crippen LogP contribution >= 0.6 is 0 Å². The summed E-state index contributed by atoms with van der Waals surface area (Å²) >= 11 is 0. The maximum atomic E-state index is 12.7. The molecule has 2 saturated heterocycles. The Morgan fingerprint density at radius 3 is 2.69 bits per heavy atom. The van der Waals surface area contributed by atoms with Crippen LogP contribution in [0.15, 0.2) is 30.5 Å². The number of benzene rings is 1. The van der Waals surface area contributed by atoms with Crippen LogP contribution in [0.2, 0.25) is 0 Å². The molecule has 2 unspecified atom stereocenters. The fourth-order valence-electron chi connectivity index (χ4n) is 5.02. The molecule has 1 aromatic carbocycles. The molecule has 5 heteroatoms. The lowest BCUT2D eigenvalue weighted by atomic mass is 9.96. The quantitative estimate of drug-likeness (QED) is 0.489. The summed E-state index contributed by atoms with van der Waals surface area (Å²) in [4.78, 5) is 15.9. The summed E-state index contributed by atoms with van der Waals surface area (Å²) < 4.78 is 12.6. The van der Waals surface area contributed by atoms with Crippen molar-refractivity contribution in [1.29, 1.82) is 0 Å². The number of hydrogen-bond donors (Lipinski definition) is 1. The molecule has 2 aliphatic rings. The second-order valence-corrected chi connectivity index (χ2v) is 7.90. The van der Waals surface area contributed by atoms with Gasteiger partial charge in [-0.1, -0.05) is 18.2 Å². The molecular formula is C21H29N2O3+. The molecule has 2 bridgehead atoms. The molecule has 140 valence electrons. The van der Waals surface area contributed by atoms with Crippen molar-refractivity contribution < 1.29 is 18.8 Å². The molecule has 1 aromatic heterocycles. The smallest absolute Gasteiger partial charge is 0.340 e. The maximum Gasteiger partial charge on any atom is 0.340 e. The fourth-order valence-corrected chi connectivity index (χ4v) is 5.02. The highest BCUT2D eigenvalue weighted by atomic mass is 16.5. The van der Waals surface area contributed by atoms with Crippen LogP contribution < -0.4 is 0 Å². The van der Waals surface area contributed by atoms with Crippen molar-refractivity contribution in [2.24, 2.45) is 0 Å². The summed E-state index contributed by atoms with van der Waals surface area (Å²) in [5.74, 6) is -0.197. The second-order valence-electron chi connectivity index (χ2n) is 7.90. The Hall–Kier alpha value is -1.85. The minimum atomic E-state index is -0.197. The van der Waals surface area contributed by atoms with Gasteiger partial charge in [-0.25, -0.2) is 4.79 Å². The zero-order chi connectivity index (χ0) is 18.1. The average Bonchev–Trinajstić information content (AvgIpc) is 3.10. The molecule has 0 aliphatic carbocycles. The molecule has 0 amide bonds. The molecule has 2 aliphatic heterocycles. The normalized spacial score (nSPS) is 30.6. The standard InChI is InChI=1S/C21H28N2O3/c1-3-25-11-10-23(2)15-8-9-16(23)13-17(12-15)26-21(24)19-14-22-20-7-5-4-6-18(19)20/h4-7,14-17H,3,8-13H2,1-2H3/p+1. The Kier molecular flexibility index (Phi) is 4.76. The van der Waals surface area contributed by atoms with E-state index in [-0.39, 0.29) is 12.1 Å². The van der Waals surface area contributed by atoms with Crippen molar-refractivity contribution in [3.05, 3.63) is 36.0 Å². The number of quaternary nitrogens is 1. The van der Waals surface area contributed by atoms with Crippen LogP contribution in [-0.4, -0.2) is 60.4 Å². The number of rotatable bonds is 6. The highest BCUT2D eigenvalue weighted by Crippen LogP contribution is 2.42. The van der Waals surface area contributed by atoms with Crippen LogP contribution in [0.1, 0.15) is 43.0 Å². The van der Waals surface area contributed by atoms with E-state index in [1.165, 1.54) is 12.8 Å². The molecule has 0 spiro atoms. The van der Waals surface area contributed by atoms with Gasteiger partial charge in [0.1, 0.15) is 12.6 Å². The number of carbonyl (C=O) groups is 1. The van der Waals surface area contributed by atoms with E-state index >= 15 is 0 Å². The molecule has 4 rings (SSSR count). The lowest BCUT2D eigenvalue weighted by Gasteiger charge is -2.46. The first-order chi connectivity index (χ1) is 12.6. The largest absolute Gasteiger partial charge is 0.458 e. The van der Waals surface area contributed by atoms with Gasteiger partial charge in [0.2, 0.25) is 0 Å². The van der Waals surface area contributed by atoms with E-state index in [1.54, 1.807) is 6.20 Å². The first-order valence-corrected chi connectivity index (χ1v) is 9.81. The van der Waals surface area contributed by atoms with Crippen LogP contribution in [-0.2, 0) is 9.47 Å². The number of H-pyrrole nitrogens is 1. The summed E-state index contributed by atoms with van der Waals surface area (Å²) in [6.45, 7) is 4.71. The minimum Gasteiger partial charge on any atom is -0.458 e. The lowest BCUT2D eigenvalue weighted by Crippen LogP contribution is -2.60. The van der Waals surface area contributed by atoms with Gasteiger partial charge < -0.3 is 18.9 Å². The molecule has 5 nitrogen and oxygen atoms in total. The number of aromatic amines is 1. The van der Waals surface area contributed by atoms with Crippen LogP contribution in [0.3, 0.4) is 0 Å². The highest BCUT2D eigenvalue weighted by molar-refractivity contribution is 6.04. The number of hydrogen-bond acceptors (Lipinski definition) is 3. The van der Waals surface area contributed by atoms with Crippen molar-refractivity contribution in [2.45, 2.75) is 50.8 Å². The van der Waals surface area contributed by atoms with E-state index in [0.717, 1.165) is 48.0 Å². The van der Waals surface area contributed by atoms with Crippen LogP contribution in [0, 0.1) is 0 Å². The monoisotopic (exact) mass is 357 g/mol. The maximum absolute atomic E-state index is 12.7. The topological polar surface area (TPSA) is 51.3 Å². The van der Waals surface area contributed by atoms with Gasteiger partial charge in [0, 0.05) is 49.4 Å². The zero-order valence-corrected chi connectivity index (χ0v) is 15.7. The van der Waals surface area contributed by atoms with Crippen LogP contribution in [0.25, 0.3) is 10.9 Å². The number of nitrogens with one attached hydrogen (secondary N) is 1.